The fourth-order valence-corrected chi connectivity index (χ4v) is 6.05. The van der Waals surface area contributed by atoms with Gasteiger partial charge in [-0.3, -0.25) is 4.79 Å². The predicted octanol–water partition coefficient (Wildman–Crippen LogP) is 4.08. The van der Waals surface area contributed by atoms with E-state index < -0.39 is 10.0 Å². The molecule has 3 rings (SSSR count). The Hall–Kier alpha value is -2.56. The molecule has 8 nitrogen and oxygen atoms in total. The Kier molecular flexibility index (Phi) is 8.04. The second-order valence-electron chi connectivity index (χ2n) is 7.16. The summed E-state index contributed by atoms with van der Waals surface area (Å²) in [5.41, 5.74) is 1.88. The zero-order chi connectivity index (χ0) is 24.2. The fraction of sp³-hybridized carbons (Fsp3) is 0.391. The van der Waals surface area contributed by atoms with Crippen LogP contribution in [0.5, 0.6) is 11.5 Å². The Balaban J connectivity index is 1.89. The van der Waals surface area contributed by atoms with Gasteiger partial charge in [0.1, 0.15) is 11.5 Å². The van der Waals surface area contributed by atoms with Crippen LogP contribution in [0.25, 0.3) is 11.0 Å². The number of sulfonamides is 1. The van der Waals surface area contributed by atoms with E-state index in [2.05, 4.69) is 4.98 Å². The number of benzene rings is 2. The van der Waals surface area contributed by atoms with Crippen LogP contribution < -0.4 is 9.47 Å². The molecule has 1 aromatic heterocycles. The molecule has 0 unspecified atom stereocenters. The van der Waals surface area contributed by atoms with E-state index >= 15 is 0 Å². The first-order valence-electron chi connectivity index (χ1n) is 10.7. The van der Waals surface area contributed by atoms with Gasteiger partial charge in [-0.05, 0) is 37.3 Å². The van der Waals surface area contributed by atoms with E-state index in [9.17, 15) is 13.2 Å². The molecule has 178 valence electrons. The summed E-state index contributed by atoms with van der Waals surface area (Å²) < 4.78 is 39.7. The summed E-state index contributed by atoms with van der Waals surface area (Å²) in [6.45, 7) is 7.06. The maximum absolute atomic E-state index is 12.9. The van der Waals surface area contributed by atoms with Crippen LogP contribution in [0.1, 0.15) is 31.1 Å². The van der Waals surface area contributed by atoms with Gasteiger partial charge in [0.05, 0.1) is 41.5 Å². The molecular formula is C23H29N3O5S2. The molecule has 1 heterocycles. The molecule has 2 aromatic carbocycles. The number of methoxy groups -OCH3 is 2. The molecule has 0 aliphatic rings. The Morgan fingerprint density at radius 3 is 2.39 bits per heavy atom. The molecule has 0 fully saturated rings. The number of ketones is 1. The number of rotatable bonds is 11. The van der Waals surface area contributed by atoms with E-state index in [1.54, 1.807) is 43.5 Å². The van der Waals surface area contributed by atoms with Gasteiger partial charge >= 0.3 is 0 Å². The van der Waals surface area contributed by atoms with Crippen molar-refractivity contribution in [2.45, 2.75) is 37.4 Å². The topological polar surface area (TPSA) is 90.7 Å². The first-order chi connectivity index (χ1) is 15.8. The molecule has 10 heteroatoms. The normalized spacial score (nSPS) is 11.8. The summed E-state index contributed by atoms with van der Waals surface area (Å²) in [5.74, 6) is 1.13. The number of carbonyl (C=O) groups excluding carboxylic acids is 1. The van der Waals surface area contributed by atoms with Crippen LogP contribution in [0, 0.1) is 0 Å². The molecule has 0 radical (unpaired) electrons. The monoisotopic (exact) mass is 491 g/mol. The van der Waals surface area contributed by atoms with Crippen LogP contribution in [0.3, 0.4) is 0 Å². The summed E-state index contributed by atoms with van der Waals surface area (Å²) in [5, 5.41) is 0.658. The van der Waals surface area contributed by atoms with Crippen LogP contribution in [0.2, 0.25) is 0 Å². The third-order valence-electron chi connectivity index (χ3n) is 5.39. The van der Waals surface area contributed by atoms with Crippen molar-refractivity contribution in [1.29, 1.82) is 0 Å². The van der Waals surface area contributed by atoms with Gasteiger partial charge < -0.3 is 14.0 Å². The lowest BCUT2D eigenvalue weighted by Crippen LogP contribution is -2.30. The van der Waals surface area contributed by atoms with Crippen LogP contribution in [-0.4, -0.2) is 61.1 Å². The van der Waals surface area contributed by atoms with Crippen molar-refractivity contribution in [3.8, 4) is 11.5 Å². The number of thioether (sulfide) groups is 1. The maximum atomic E-state index is 12.9. The average Bonchev–Trinajstić information content (AvgIpc) is 3.19. The average molecular weight is 492 g/mol. The van der Waals surface area contributed by atoms with Crippen molar-refractivity contribution in [2.24, 2.45) is 0 Å². The van der Waals surface area contributed by atoms with Crippen LogP contribution in [-0.2, 0) is 16.6 Å². The Bertz CT molecular complexity index is 1250. The highest BCUT2D eigenvalue weighted by molar-refractivity contribution is 7.99. The summed E-state index contributed by atoms with van der Waals surface area (Å²) in [7, 11) is -0.511. The van der Waals surface area contributed by atoms with Crippen LogP contribution in [0.15, 0.2) is 46.5 Å². The number of nitrogens with zero attached hydrogens (tertiary/aromatic N) is 3. The van der Waals surface area contributed by atoms with E-state index in [4.69, 9.17) is 9.47 Å². The molecule has 33 heavy (non-hydrogen) atoms. The van der Waals surface area contributed by atoms with E-state index in [1.165, 1.54) is 23.2 Å². The molecule has 0 aliphatic carbocycles. The lowest BCUT2D eigenvalue weighted by atomic mass is 10.1. The summed E-state index contributed by atoms with van der Waals surface area (Å²) >= 11 is 1.31. The van der Waals surface area contributed by atoms with Gasteiger partial charge in [0, 0.05) is 25.7 Å². The van der Waals surface area contributed by atoms with E-state index in [0.29, 0.717) is 47.4 Å². The number of fused-ring (bicyclic) bond motifs is 1. The number of aromatic nitrogens is 2. The number of hydrogen-bond acceptors (Lipinski definition) is 7. The van der Waals surface area contributed by atoms with Gasteiger partial charge in [-0.15, -0.1) is 0 Å². The Morgan fingerprint density at radius 1 is 1.06 bits per heavy atom. The number of imidazole rings is 1. The molecule has 0 spiro atoms. The van der Waals surface area contributed by atoms with Gasteiger partial charge in [-0.25, -0.2) is 13.4 Å². The van der Waals surface area contributed by atoms with Gasteiger partial charge in [0.25, 0.3) is 0 Å². The largest absolute Gasteiger partial charge is 0.497 e. The number of ether oxygens (including phenoxy) is 2. The Labute approximate surface area is 198 Å². The summed E-state index contributed by atoms with van der Waals surface area (Å²) in [6, 6.07) is 10.1. The maximum Gasteiger partial charge on any atom is 0.243 e. The molecular weight excluding hydrogens is 462 g/mol. The van der Waals surface area contributed by atoms with Crippen LogP contribution >= 0.6 is 11.8 Å². The number of Topliss-reactive ketones (excluding diaryl/α,β-unsaturated/α-hetero) is 1. The highest BCUT2D eigenvalue weighted by Gasteiger charge is 2.23. The van der Waals surface area contributed by atoms with E-state index in [-0.39, 0.29) is 16.4 Å². The number of carbonyl (C=O) groups is 1. The quantitative estimate of drug-likeness (QED) is 0.295. The van der Waals surface area contributed by atoms with Crippen molar-refractivity contribution in [2.75, 3.05) is 33.1 Å². The molecule has 0 saturated heterocycles. The standard InChI is InChI=1S/C23H29N3O5S2/c1-6-25(7-2)33(28,29)17-10-12-20-19(14-17)24-23(26(20)8-3)32-15-21(27)18-11-9-16(30-4)13-22(18)31-5/h9-14H,6-8,15H2,1-5H3. The Morgan fingerprint density at radius 2 is 1.79 bits per heavy atom. The fourth-order valence-electron chi connectivity index (χ4n) is 3.61. The SMILES string of the molecule is CCN(CC)S(=O)(=O)c1ccc2c(c1)nc(SCC(=O)c1ccc(OC)cc1OC)n2CC. The minimum Gasteiger partial charge on any atom is -0.497 e. The molecule has 0 amide bonds. The third-order valence-corrected chi connectivity index (χ3v) is 8.41. The lowest BCUT2D eigenvalue weighted by molar-refractivity contribution is 0.101. The van der Waals surface area contributed by atoms with Gasteiger partial charge in [0.15, 0.2) is 10.9 Å². The zero-order valence-electron chi connectivity index (χ0n) is 19.5. The van der Waals surface area contributed by atoms with Crippen molar-refractivity contribution in [1.82, 2.24) is 13.9 Å². The van der Waals surface area contributed by atoms with E-state index in [0.717, 1.165) is 5.52 Å². The molecule has 0 saturated carbocycles. The first-order valence-corrected chi connectivity index (χ1v) is 13.1. The van der Waals surface area contributed by atoms with Crippen molar-refractivity contribution in [3.63, 3.8) is 0 Å². The van der Waals surface area contributed by atoms with Gasteiger partial charge in [0.2, 0.25) is 10.0 Å². The predicted molar refractivity (Wildman–Crippen MR) is 130 cm³/mol. The van der Waals surface area contributed by atoms with Crippen molar-refractivity contribution < 1.29 is 22.7 Å². The zero-order valence-corrected chi connectivity index (χ0v) is 21.1. The second kappa shape index (κ2) is 10.6. The highest BCUT2D eigenvalue weighted by atomic mass is 32.2. The number of hydrogen-bond donors (Lipinski definition) is 0. The molecule has 0 N–H and O–H groups in total. The smallest absolute Gasteiger partial charge is 0.243 e. The van der Waals surface area contributed by atoms with Crippen molar-refractivity contribution in [3.05, 3.63) is 42.0 Å². The summed E-state index contributed by atoms with van der Waals surface area (Å²) in [4.78, 5) is 17.7. The number of aryl methyl sites for hydroxylation is 1. The molecule has 3 aromatic rings. The molecule has 0 bridgehead atoms. The highest BCUT2D eigenvalue weighted by Crippen LogP contribution is 2.30. The minimum absolute atomic E-state index is 0.0981. The lowest BCUT2D eigenvalue weighted by Gasteiger charge is -2.18. The van der Waals surface area contributed by atoms with Gasteiger partial charge in [-0.1, -0.05) is 25.6 Å². The second-order valence-corrected chi connectivity index (χ2v) is 10.0. The third kappa shape index (κ3) is 5.02. The molecule has 0 aliphatic heterocycles. The first kappa shape index (κ1) is 25.1. The molecule has 0 atom stereocenters. The van der Waals surface area contributed by atoms with E-state index in [1.807, 2.05) is 25.3 Å². The van der Waals surface area contributed by atoms with Crippen LogP contribution in [0.4, 0.5) is 0 Å². The van der Waals surface area contributed by atoms with Crippen molar-refractivity contribution >= 4 is 38.6 Å². The summed E-state index contributed by atoms with van der Waals surface area (Å²) in [6.07, 6.45) is 0. The van der Waals surface area contributed by atoms with Gasteiger partial charge in [-0.2, -0.15) is 4.31 Å². The minimum atomic E-state index is -3.58.